The first-order valence-corrected chi connectivity index (χ1v) is 11.5. The fraction of sp³-hybridized carbons (Fsp3) is 0.407. The lowest BCUT2D eigenvalue weighted by molar-refractivity contribution is 0.0972. The molecule has 0 fully saturated rings. The van der Waals surface area contributed by atoms with E-state index in [0.29, 0.717) is 41.9 Å². The highest BCUT2D eigenvalue weighted by molar-refractivity contribution is 6.00. The van der Waals surface area contributed by atoms with Crippen molar-refractivity contribution in [3.05, 3.63) is 41.3 Å². The molecular formula is C27H32FN3O5. The minimum atomic E-state index is -0.650. The summed E-state index contributed by atoms with van der Waals surface area (Å²) in [5.41, 5.74) is 7.12. The van der Waals surface area contributed by atoms with Gasteiger partial charge in [0.15, 0.2) is 34.6 Å². The third-order valence-electron chi connectivity index (χ3n) is 5.90. The Morgan fingerprint density at radius 2 is 1.78 bits per heavy atom. The second-order valence-electron chi connectivity index (χ2n) is 9.37. The van der Waals surface area contributed by atoms with E-state index in [4.69, 9.17) is 29.9 Å². The third kappa shape index (κ3) is 5.18. The molecule has 36 heavy (non-hydrogen) atoms. The Morgan fingerprint density at radius 1 is 1.08 bits per heavy atom. The number of Topliss-reactive ketones (excluding diaryl/α,β-unsaturated/α-hetero) is 1. The third-order valence-corrected chi connectivity index (χ3v) is 5.90. The number of benzene rings is 2. The molecule has 0 aliphatic carbocycles. The van der Waals surface area contributed by atoms with Crippen LogP contribution in [-0.4, -0.2) is 38.3 Å². The van der Waals surface area contributed by atoms with E-state index in [1.807, 2.05) is 20.8 Å². The number of rotatable bonds is 10. The number of nitrogens with two attached hydrogens (primary N) is 1. The molecule has 0 radical (unpaired) electrons. The predicted octanol–water partition coefficient (Wildman–Crippen LogP) is 5.25. The number of ketones is 1. The highest BCUT2D eigenvalue weighted by Crippen LogP contribution is 2.41. The average molecular weight is 498 g/mol. The number of methoxy groups -OCH3 is 3. The van der Waals surface area contributed by atoms with Gasteiger partial charge in [0.25, 0.3) is 0 Å². The molecule has 0 aliphatic heterocycles. The number of carbonyl (C=O) groups excluding carboxylic acids is 1. The van der Waals surface area contributed by atoms with Gasteiger partial charge in [0.05, 0.1) is 45.9 Å². The smallest absolute Gasteiger partial charge is 0.197 e. The van der Waals surface area contributed by atoms with Crippen LogP contribution in [0.3, 0.4) is 0 Å². The van der Waals surface area contributed by atoms with E-state index < -0.39 is 5.82 Å². The van der Waals surface area contributed by atoms with Crippen LogP contribution in [0, 0.1) is 17.1 Å². The summed E-state index contributed by atoms with van der Waals surface area (Å²) in [4.78, 5) is 13.4. The molecule has 0 saturated heterocycles. The Morgan fingerprint density at radius 3 is 2.36 bits per heavy atom. The van der Waals surface area contributed by atoms with Crippen molar-refractivity contribution in [2.45, 2.75) is 45.6 Å². The zero-order chi connectivity index (χ0) is 26.6. The largest absolute Gasteiger partial charge is 0.493 e. The van der Waals surface area contributed by atoms with Gasteiger partial charge in [-0.15, -0.1) is 0 Å². The highest BCUT2D eigenvalue weighted by Gasteiger charge is 2.26. The number of nitrogen functional groups attached to an aromatic ring is 1. The molecule has 192 valence electrons. The first-order chi connectivity index (χ1) is 17.1. The molecule has 2 aromatic carbocycles. The number of ether oxygens (including phenoxy) is 4. The van der Waals surface area contributed by atoms with E-state index in [1.165, 1.54) is 18.8 Å². The molecule has 0 bridgehead atoms. The van der Waals surface area contributed by atoms with E-state index in [9.17, 15) is 4.79 Å². The second kappa shape index (κ2) is 10.8. The molecule has 1 aromatic heterocycles. The maximum Gasteiger partial charge on any atom is 0.197 e. The Kier molecular flexibility index (Phi) is 7.98. The zero-order valence-corrected chi connectivity index (χ0v) is 21.5. The Balaban J connectivity index is 2.03. The predicted molar refractivity (Wildman–Crippen MR) is 136 cm³/mol. The van der Waals surface area contributed by atoms with Crippen LogP contribution in [-0.2, 0) is 12.0 Å². The van der Waals surface area contributed by atoms with Crippen LogP contribution in [0.4, 0.5) is 10.2 Å². The van der Waals surface area contributed by atoms with Crippen molar-refractivity contribution in [2.24, 2.45) is 0 Å². The van der Waals surface area contributed by atoms with Gasteiger partial charge in [-0.3, -0.25) is 4.79 Å². The number of hydrogen-bond acceptors (Lipinski definition) is 7. The number of fused-ring (bicyclic) bond motifs is 1. The van der Waals surface area contributed by atoms with Crippen molar-refractivity contribution in [3.8, 4) is 29.1 Å². The summed E-state index contributed by atoms with van der Waals surface area (Å²) < 4.78 is 38.5. The molecular weight excluding hydrogens is 465 g/mol. The van der Waals surface area contributed by atoms with Gasteiger partial charge in [0.1, 0.15) is 5.82 Å². The van der Waals surface area contributed by atoms with Gasteiger partial charge < -0.3 is 29.2 Å². The molecule has 3 aromatic rings. The standard InChI is InChI=1S/C27H32FN3O5/c1-27(2,3)18-11-16(12-21(24(18)34-5)36-10-8-7-9-29)19(32)15-31-14-17-13-20(33-4)25(35-6)23(28)22(17)26(31)30/h11-14H,7-8,10,15,30H2,1-6H3. The number of aromatic nitrogens is 1. The van der Waals surface area contributed by atoms with E-state index in [2.05, 4.69) is 6.07 Å². The summed E-state index contributed by atoms with van der Waals surface area (Å²) in [5.74, 6) is 0.368. The SMILES string of the molecule is COc1cc2cn(CC(=O)c3cc(OCCCC#N)c(OC)c(C(C)(C)C)c3)c(N)c2c(F)c1OC. The molecule has 3 rings (SSSR count). The summed E-state index contributed by atoms with van der Waals surface area (Å²) >= 11 is 0. The number of anilines is 1. The van der Waals surface area contributed by atoms with Crippen molar-refractivity contribution in [2.75, 3.05) is 33.7 Å². The zero-order valence-electron chi connectivity index (χ0n) is 21.5. The quantitative estimate of drug-likeness (QED) is 0.301. The van der Waals surface area contributed by atoms with Crippen LogP contribution < -0.4 is 24.7 Å². The Hall–Kier alpha value is -3.93. The van der Waals surface area contributed by atoms with Crippen LogP contribution in [0.25, 0.3) is 10.8 Å². The van der Waals surface area contributed by atoms with Crippen molar-refractivity contribution in [1.29, 1.82) is 5.26 Å². The van der Waals surface area contributed by atoms with E-state index in [0.717, 1.165) is 5.56 Å². The highest BCUT2D eigenvalue weighted by atomic mass is 19.1. The molecule has 0 atom stereocenters. The number of nitrogens with zero attached hydrogens (tertiary/aromatic N) is 2. The van der Waals surface area contributed by atoms with Crippen LogP contribution in [0.1, 0.15) is 49.5 Å². The Bertz CT molecular complexity index is 1320. The lowest BCUT2D eigenvalue weighted by Crippen LogP contribution is -2.17. The molecule has 0 amide bonds. The fourth-order valence-electron chi connectivity index (χ4n) is 4.06. The summed E-state index contributed by atoms with van der Waals surface area (Å²) in [7, 11) is 4.32. The van der Waals surface area contributed by atoms with Crippen molar-refractivity contribution in [3.63, 3.8) is 0 Å². The molecule has 8 nitrogen and oxygen atoms in total. The van der Waals surface area contributed by atoms with Crippen molar-refractivity contribution >= 4 is 22.4 Å². The molecule has 0 aliphatic rings. The fourth-order valence-corrected chi connectivity index (χ4v) is 4.06. The first kappa shape index (κ1) is 26.7. The van der Waals surface area contributed by atoms with Crippen LogP contribution >= 0.6 is 0 Å². The molecule has 0 spiro atoms. The first-order valence-electron chi connectivity index (χ1n) is 11.5. The van der Waals surface area contributed by atoms with Gasteiger partial charge in [-0.2, -0.15) is 5.26 Å². The van der Waals surface area contributed by atoms with Gasteiger partial charge in [0.2, 0.25) is 0 Å². The number of halogens is 1. The van der Waals surface area contributed by atoms with Gasteiger partial charge in [-0.05, 0) is 30.0 Å². The van der Waals surface area contributed by atoms with Gasteiger partial charge in [0, 0.05) is 29.1 Å². The van der Waals surface area contributed by atoms with E-state index in [-0.39, 0.29) is 40.4 Å². The lowest BCUT2D eigenvalue weighted by Gasteiger charge is -2.25. The number of hydrogen-bond donors (Lipinski definition) is 1. The normalized spacial score (nSPS) is 11.3. The summed E-state index contributed by atoms with van der Waals surface area (Å²) in [6.07, 6.45) is 2.52. The average Bonchev–Trinajstić information content (AvgIpc) is 3.15. The topological polar surface area (TPSA) is 109 Å². The lowest BCUT2D eigenvalue weighted by atomic mass is 9.84. The number of unbranched alkanes of at least 4 members (excludes halogenated alkanes) is 1. The second-order valence-corrected chi connectivity index (χ2v) is 9.37. The maximum absolute atomic E-state index is 15.1. The van der Waals surface area contributed by atoms with Gasteiger partial charge >= 0.3 is 0 Å². The summed E-state index contributed by atoms with van der Waals surface area (Å²) in [6, 6.07) is 7.13. The molecule has 0 saturated carbocycles. The molecule has 2 N–H and O–H groups in total. The van der Waals surface area contributed by atoms with Crippen LogP contribution in [0.2, 0.25) is 0 Å². The van der Waals surface area contributed by atoms with E-state index in [1.54, 1.807) is 31.5 Å². The minimum Gasteiger partial charge on any atom is -0.493 e. The summed E-state index contributed by atoms with van der Waals surface area (Å²) in [5, 5.41) is 9.45. The van der Waals surface area contributed by atoms with E-state index >= 15 is 4.39 Å². The number of nitriles is 1. The monoisotopic (exact) mass is 497 g/mol. The molecule has 1 heterocycles. The maximum atomic E-state index is 15.1. The molecule has 0 unspecified atom stereocenters. The van der Waals surface area contributed by atoms with Crippen LogP contribution in [0.5, 0.6) is 23.0 Å². The van der Waals surface area contributed by atoms with Crippen molar-refractivity contribution < 1.29 is 28.1 Å². The minimum absolute atomic E-state index is 0.0519. The van der Waals surface area contributed by atoms with Crippen molar-refractivity contribution in [1.82, 2.24) is 4.57 Å². The van der Waals surface area contributed by atoms with Gasteiger partial charge in [-0.25, -0.2) is 4.39 Å². The Labute approximate surface area is 210 Å². The summed E-state index contributed by atoms with van der Waals surface area (Å²) in [6.45, 7) is 6.23. The molecule has 9 heteroatoms. The van der Waals surface area contributed by atoms with Crippen LogP contribution in [0.15, 0.2) is 24.4 Å². The number of carbonyl (C=O) groups is 1. The van der Waals surface area contributed by atoms with Gasteiger partial charge in [-0.1, -0.05) is 20.8 Å².